The maximum Gasteiger partial charge on any atom is 0.130 e. The van der Waals surface area contributed by atoms with Crippen molar-refractivity contribution in [1.29, 1.82) is 0 Å². The molecule has 3 aromatic rings. The highest BCUT2D eigenvalue weighted by molar-refractivity contribution is 5.62. The van der Waals surface area contributed by atoms with Crippen LogP contribution in [0.15, 0.2) is 58.5 Å². The summed E-state index contributed by atoms with van der Waals surface area (Å²) in [4.78, 5) is 17.9. The molecule has 2 heterocycles. The molecule has 1 N–H and O–H groups in total. The van der Waals surface area contributed by atoms with E-state index in [0.717, 1.165) is 44.9 Å². The number of benzene rings is 2. The van der Waals surface area contributed by atoms with Crippen molar-refractivity contribution in [3.63, 3.8) is 0 Å². The first-order chi connectivity index (χ1) is 13.1. The van der Waals surface area contributed by atoms with Crippen molar-refractivity contribution < 1.29 is 4.74 Å². The molecule has 6 nitrogen and oxygen atoms in total. The summed E-state index contributed by atoms with van der Waals surface area (Å²) in [5.41, 5.74) is 3.01. The third-order valence-electron chi connectivity index (χ3n) is 4.55. The van der Waals surface area contributed by atoms with E-state index in [1.165, 1.54) is 0 Å². The Bertz CT molecular complexity index is 1110. The van der Waals surface area contributed by atoms with Crippen LogP contribution in [0, 0.1) is 6.92 Å². The van der Waals surface area contributed by atoms with E-state index in [-0.39, 0.29) is 6.04 Å². The van der Waals surface area contributed by atoms with Crippen LogP contribution in [0.3, 0.4) is 0 Å². The van der Waals surface area contributed by atoms with Crippen LogP contribution in [0.5, 0.6) is 5.75 Å². The van der Waals surface area contributed by atoms with Crippen LogP contribution in [0.1, 0.15) is 24.4 Å². The molecule has 1 unspecified atom stereocenters. The van der Waals surface area contributed by atoms with E-state index in [0.29, 0.717) is 6.67 Å². The predicted octanol–water partition coefficient (Wildman–Crippen LogP) is 2.84. The normalized spacial score (nSPS) is 13.3. The number of hydrogen-bond acceptors (Lipinski definition) is 6. The van der Waals surface area contributed by atoms with Crippen LogP contribution in [0.4, 0.5) is 5.82 Å². The SMILES string of the molecule is COc1cccc(C(C)Nc2cc(-c3ccc4c(c3)=NCN=4)nc(C)n2)c1. The van der Waals surface area contributed by atoms with Gasteiger partial charge in [-0.1, -0.05) is 18.2 Å². The number of ether oxygens (including phenoxy) is 1. The monoisotopic (exact) mass is 359 g/mol. The molecular formula is C21H21N5O. The fourth-order valence-electron chi connectivity index (χ4n) is 3.14. The second kappa shape index (κ2) is 7.15. The Morgan fingerprint density at radius 1 is 1.00 bits per heavy atom. The van der Waals surface area contributed by atoms with Crippen molar-refractivity contribution in [3.05, 3.63) is 70.6 Å². The lowest BCUT2D eigenvalue weighted by molar-refractivity contribution is 0.414. The number of fused-ring (bicyclic) bond motifs is 1. The van der Waals surface area contributed by atoms with E-state index < -0.39 is 0 Å². The lowest BCUT2D eigenvalue weighted by Crippen LogP contribution is -2.21. The summed E-state index contributed by atoms with van der Waals surface area (Å²) in [5.74, 6) is 2.35. The van der Waals surface area contributed by atoms with Crippen LogP contribution >= 0.6 is 0 Å². The summed E-state index contributed by atoms with van der Waals surface area (Å²) in [6.07, 6.45) is 0. The number of nitrogens with one attached hydrogen (secondary N) is 1. The second-order valence-electron chi connectivity index (χ2n) is 6.49. The Morgan fingerprint density at radius 2 is 1.85 bits per heavy atom. The summed E-state index contributed by atoms with van der Waals surface area (Å²) in [6.45, 7) is 4.51. The summed E-state index contributed by atoms with van der Waals surface area (Å²) in [6, 6.07) is 16.1. The molecule has 0 fully saturated rings. The average molecular weight is 359 g/mol. The van der Waals surface area contributed by atoms with Gasteiger partial charge in [0.25, 0.3) is 0 Å². The summed E-state index contributed by atoms with van der Waals surface area (Å²) >= 11 is 0. The van der Waals surface area contributed by atoms with Gasteiger partial charge in [0.05, 0.1) is 29.6 Å². The zero-order valence-corrected chi connectivity index (χ0v) is 15.6. The zero-order valence-electron chi connectivity index (χ0n) is 15.6. The lowest BCUT2D eigenvalue weighted by atomic mass is 10.1. The molecule has 1 aliphatic heterocycles. The molecule has 0 amide bonds. The van der Waals surface area contributed by atoms with E-state index in [1.807, 2.05) is 49.4 Å². The molecule has 1 aliphatic rings. The molecule has 0 spiro atoms. The number of anilines is 1. The first kappa shape index (κ1) is 17.1. The van der Waals surface area contributed by atoms with E-state index in [2.05, 4.69) is 38.3 Å². The van der Waals surface area contributed by atoms with Crippen LogP contribution in [-0.2, 0) is 0 Å². The predicted molar refractivity (Wildman–Crippen MR) is 104 cm³/mol. The molecular weight excluding hydrogens is 338 g/mol. The van der Waals surface area contributed by atoms with Gasteiger partial charge in [-0.15, -0.1) is 0 Å². The number of methoxy groups -OCH3 is 1. The molecule has 0 aliphatic carbocycles. The number of rotatable bonds is 5. The number of hydrogen-bond donors (Lipinski definition) is 1. The largest absolute Gasteiger partial charge is 0.497 e. The van der Waals surface area contributed by atoms with Gasteiger partial charge in [-0.3, -0.25) is 9.98 Å². The standard InChI is InChI=1S/C21H21N5O/c1-13(15-5-4-6-17(9-15)27-3)24-21-11-19(25-14(2)26-21)16-7-8-18-20(10-16)23-12-22-18/h4-11,13H,12H2,1-3H3,(H,24,25,26). The Balaban J connectivity index is 1.63. The Kier molecular flexibility index (Phi) is 4.54. The topological polar surface area (TPSA) is 71.8 Å². The first-order valence-electron chi connectivity index (χ1n) is 8.88. The quantitative estimate of drug-likeness (QED) is 0.760. The molecule has 0 saturated carbocycles. The van der Waals surface area contributed by atoms with Crippen molar-refractivity contribution in [2.45, 2.75) is 19.9 Å². The highest BCUT2D eigenvalue weighted by Gasteiger charge is 2.11. The minimum atomic E-state index is 0.0797. The van der Waals surface area contributed by atoms with Crippen LogP contribution in [0.25, 0.3) is 11.3 Å². The van der Waals surface area contributed by atoms with Crippen molar-refractivity contribution in [3.8, 4) is 17.0 Å². The van der Waals surface area contributed by atoms with Gasteiger partial charge in [0, 0.05) is 11.6 Å². The third-order valence-corrected chi connectivity index (χ3v) is 4.55. The molecule has 0 radical (unpaired) electrons. The second-order valence-corrected chi connectivity index (χ2v) is 6.49. The molecule has 4 rings (SSSR count). The molecule has 1 atom stereocenters. The minimum absolute atomic E-state index is 0.0797. The molecule has 27 heavy (non-hydrogen) atoms. The summed E-state index contributed by atoms with van der Waals surface area (Å²) < 4.78 is 5.32. The van der Waals surface area contributed by atoms with Gasteiger partial charge in [0.1, 0.15) is 24.1 Å². The highest BCUT2D eigenvalue weighted by atomic mass is 16.5. The van der Waals surface area contributed by atoms with Gasteiger partial charge < -0.3 is 10.1 Å². The van der Waals surface area contributed by atoms with Gasteiger partial charge in [0.15, 0.2) is 0 Å². The smallest absolute Gasteiger partial charge is 0.130 e. The number of aryl methyl sites for hydroxylation is 1. The van der Waals surface area contributed by atoms with Gasteiger partial charge in [0.2, 0.25) is 0 Å². The summed E-state index contributed by atoms with van der Waals surface area (Å²) in [7, 11) is 1.67. The zero-order chi connectivity index (χ0) is 18.8. The average Bonchev–Trinajstić information content (AvgIpc) is 3.15. The van der Waals surface area contributed by atoms with Gasteiger partial charge in [-0.05, 0) is 43.7 Å². The lowest BCUT2D eigenvalue weighted by Gasteiger charge is -2.16. The van der Waals surface area contributed by atoms with E-state index >= 15 is 0 Å². The Hall–Kier alpha value is -3.28. The molecule has 0 saturated heterocycles. The maximum atomic E-state index is 5.32. The van der Waals surface area contributed by atoms with Crippen LogP contribution in [-0.4, -0.2) is 23.7 Å². The summed E-state index contributed by atoms with van der Waals surface area (Å²) in [5, 5.41) is 5.32. The van der Waals surface area contributed by atoms with Crippen molar-refractivity contribution in [1.82, 2.24) is 9.97 Å². The molecule has 0 bridgehead atoms. The van der Waals surface area contributed by atoms with E-state index in [1.54, 1.807) is 7.11 Å². The van der Waals surface area contributed by atoms with Gasteiger partial charge in [-0.2, -0.15) is 0 Å². The minimum Gasteiger partial charge on any atom is -0.497 e. The van der Waals surface area contributed by atoms with Crippen molar-refractivity contribution in [2.24, 2.45) is 9.98 Å². The first-order valence-corrected chi connectivity index (χ1v) is 8.88. The highest BCUT2D eigenvalue weighted by Crippen LogP contribution is 2.24. The molecule has 2 aromatic carbocycles. The Labute approximate surface area is 157 Å². The van der Waals surface area contributed by atoms with E-state index in [4.69, 9.17) is 4.74 Å². The van der Waals surface area contributed by atoms with E-state index in [9.17, 15) is 0 Å². The fraction of sp³-hybridized carbons (Fsp3) is 0.238. The van der Waals surface area contributed by atoms with Gasteiger partial charge in [-0.25, -0.2) is 9.97 Å². The number of aromatic nitrogens is 2. The van der Waals surface area contributed by atoms with Crippen LogP contribution in [0.2, 0.25) is 0 Å². The Morgan fingerprint density at radius 3 is 2.70 bits per heavy atom. The molecule has 6 heteroatoms. The van der Waals surface area contributed by atoms with Crippen LogP contribution < -0.4 is 20.8 Å². The third kappa shape index (κ3) is 3.65. The van der Waals surface area contributed by atoms with Crippen molar-refractivity contribution >= 4 is 5.82 Å². The number of nitrogens with zero attached hydrogens (tertiary/aromatic N) is 4. The molecule has 136 valence electrons. The maximum absolute atomic E-state index is 5.32. The molecule has 1 aromatic heterocycles. The van der Waals surface area contributed by atoms with Gasteiger partial charge >= 0.3 is 0 Å². The fourth-order valence-corrected chi connectivity index (χ4v) is 3.14. The van der Waals surface area contributed by atoms with Crippen molar-refractivity contribution in [2.75, 3.05) is 19.1 Å².